The number of furan rings is 1. The van der Waals surface area contributed by atoms with Gasteiger partial charge in [0.1, 0.15) is 11.2 Å². The molecule has 2 nitrogen and oxygen atoms in total. The predicted molar refractivity (Wildman–Crippen MR) is 186 cm³/mol. The molecule has 0 unspecified atom stereocenters. The fourth-order valence-electron chi connectivity index (χ4n) is 6.76. The summed E-state index contributed by atoms with van der Waals surface area (Å²) in [4.78, 5) is 2.34. The van der Waals surface area contributed by atoms with Crippen molar-refractivity contribution in [3.8, 4) is 11.1 Å². The van der Waals surface area contributed by atoms with E-state index in [1.807, 2.05) is 12.1 Å². The van der Waals surface area contributed by atoms with Crippen molar-refractivity contribution in [2.24, 2.45) is 0 Å². The number of benzene rings is 8. The molecule has 0 fully saturated rings. The van der Waals surface area contributed by atoms with Crippen molar-refractivity contribution in [3.05, 3.63) is 164 Å². The second kappa shape index (κ2) is 9.86. The first-order chi connectivity index (χ1) is 21.8. The minimum Gasteiger partial charge on any atom is -0.456 e. The molecule has 1 aromatic heterocycles. The zero-order valence-electron chi connectivity index (χ0n) is 23.9. The van der Waals surface area contributed by atoms with E-state index in [9.17, 15) is 0 Å². The van der Waals surface area contributed by atoms with Crippen LogP contribution in [0.2, 0.25) is 0 Å². The van der Waals surface area contributed by atoms with E-state index < -0.39 is 0 Å². The molecule has 0 aliphatic heterocycles. The number of hydrogen-bond donors (Lipinski definition) is 0. The average Bonchev–Trinajstić information content (AvgIpc) is 3.46. The van der Waals surface area contributed by atoms with Gasteiger partial charge in [-0.2, -0.15) is 0 Å². The first-order valence-corrected chi connectivity index (χ1v) is 15.0. The minimum absolute atomic E-state index is 0.881. The van der Waals surface area contributed by atoms with E-state index >= 15 is 0 Å². The summed E-state index contributed by atoms with van der Waals surface area (Å²) in [6.07, 6.45) is 0. The number of fused-ring (bicyclic) bond motifs is 8. The maximum atomic E-state index is 6.32. The number of rotatable bonds is 4. The van der Waals surface area contributed by atoms with Crippen LogP contribution in [0.4, 0.5) is 17.1 Å². The van der Waals surface area contributed by atoms with Gasteiger partial charge in [-0.15, -0.1) is 0 Å². The van der Waals surface area contributed by atoms with Gasteiger partial charge in [-0.25, -0.2) is 0 Å². The monoisotopic (exact) mass is 561 g/mol. The van der Waals surface area contributed by atoms with E-state index in [0.717, 1.165) is 39.0 Å². The summed E-state index contributed by atoms with van der Waals surface area (Å²) < 4.78 is 6.32. The zero-order valence-corrected chi connectivity index (χ0v) is 23.9. The summed E-state index contributed by atoms with van der Waals surface area (Å²) in [6, 6.07) is 58.6. The molecule has 9 rings (SSSR count). The molecule has 44 heavy (non-hydrogen) atoms. The molecule has 9 aromatic rings. The summed E-state index contributed by atoms with van der Waals surface area (Å²) in [6.45, 7) is 0. The Morgan fingerprint density at radius 1 is 0.364 bits per heavy atom. The molecule has 1 heterocycles. The lowest BCUT2D eigenvalue weighted by atomic mass is 9.94. The van der Waals surface area contributed by atoms with Crippen molar-refractivity contribution in [1.29, 1.82) is 0 Å². The van der Waals surface area contributed by atoms with Crippen LogP contribution in [0.3, 0.4) is 0 Å². The van der Waals surface area contributed by atoms with Gasteiger partial charge in [0.05, 0.1) is 5.69 Å². The summed E-state index contributed by atoms with van der Waals surface area (Å²) in [5, 5.41) is 9.87. The molecule has 0 saturated heterocycles. The first kappa shape index (κ1) is 24.7. The molecular weight excluding hydrogens is 534 g/mol. The lowest BCUT2D eigenvalue weighted by Gasteiger charge is -2.28. The second-order valence-electron chi connectivity index (χ2n) is 11.4. The summed E-state index contributed by atoms with van der Waals surface area (Å²) >= 11 is 0. The smallest absolute Gasteiger partial charge is 0.137 e. The molecule has 8 aromatic carbocycles. The van der Waals surface area contributed by atoms with E-state index in [-0.39, 0.29) is 0 Å². The summed E-state index contributed by atoms with van der Waals surface area (Å²) in [7, 11) is 0. The van der Waals surface area contributed by atoms with Gasteiger partial charge in [0, 0.05) is 33.8 Å². The van der Waals surface area contributed by atoms with Crippen molar-refractivity contribution in [1.82, 2.24) is 0 Å². The highest BCUT2D eigenvalue weighted by molar-refractivity contribution is 6.18. The van der Waals surface area contributed by atoms with E-state index in [1.165, 1.54) is 43.4 Å². The molecule has 0 N–H and O–H groups in total. The molecule has 0 aliphatic carbocycles. The van der Waals surface area contributed by atoms with Crippen molar-refractivity contribution in [2.45, 2.75) is 0 Å². The van der Waals surface area contributed by atoms with Gasteiger partial charge in [0.15, 0.2) is 0 Å². The van der Waals surface area contributed by atoms with Crippen LogP contribution in [-0.4, -0.2) is 0 Å². The third-order valence-electron chi connectivity index (χ3n) is 8.83. The molecule has 0 radical (unpaired) electrons. The topological polar surface area (TPSA) is 16.4 Å². The Morgan fingerprint density at radius 3 is 1.89 bits per heavy atom. The van der Waals surface area contributed by atoms with Crippen LogP contribution in [0, 0.1) is 0 Å². The largest absolute Gasteiger partial charge is 0.456 e. The molecule has 206 valence electrons. The molecule has 0 bridgehead atoms. The Morgan fingerprint density at radius 2 is 1.00 bits per heavy atom. The van der Waals surface area contributed by atoms with E-state index in [4.69, 9.17) is 4.42 Å². The van der Waals surface area contributed by atoms with Crippen LogP contribution < -0.4 is 4.90 Å². The van der Waals surface area contributed by atoms with E-state index in [1.54, 1.807) is 0 Å². The lowest BCUT2D eigenvalue weighted by molar-refractivity contribution is 0.669. The van der Waals surface area contributed by atoms with Crippen LogP contribution >= 0.6 is 0 Å². The van der Waals surface area contributed by atoms with Gasteiger partial charge in [-0.3, -0.25) is 0 Å². The Balaban J connectivity index is 1.26. The number of anilines is 3. The Bertz CT molecular complexity index is 2510. The quantitative estimate of drug-likeness (QED) is 0.199. The van der Waals surface area contributed by atoms with Crippen molar-refractivity contribution >= 4 is 71.3 Å². The predicted octanol–water partition coefficient (Wildman–Crippen LogP) is 12.2. The Kier molecular flexibility index (Phi) is 5.54. The van der Waals surface area contributed by atoms with Gasteiger partial charge in [-0.05, 0) is 80.3 Å². The van der Waals surface area contributed by atoms with Crippen LogP contribution in [-0.2, 0) is 0 Å². The van der Waals surface area contributed by atoms with Gasteiger partial charge in [0.2, 0.25) is 0 Å². The summed E-state index contributed by atoms with van der Waals surface area (Å²) in [5.74, 6) is 0. The number of para-hydroxylation sites is 3. The normalized spacial score (nSPS) is 11.6. The minimum atomic E-state index is 0.881. The third-order valence-corrected chi connectivity index (χ3v) is 8.83. The molecular formula is C42H27NO. The van der Waals surface area contributed by atoms with Gasteiger partial charge in [0.25, 0.3) is 0 Å². The van der Waals surface area contributed by atoms with Crippen LogP contribution in [0.15, 0.2) is 168 Å². The molecule has 0 amide bonds. The fraction of sp³-hybridized carbons (Fsp3) is 0. The molecule has 2 heteroatoms. The molecule has 0 aliphatic rings. The molecule has 0 atom stereocenters. The highest BCUT2D eigenvalue weighted by Crippen LogP contribution is 2.43. The van der Waals surface area contributed by atoms with Crippen molar-refractivity contribution in [3.63, 3.8) is 0 Å². The second-order valence-corrected chi connectivity index (χ2v) is 11.4. The first-order valence-electron chi connectivity index (χ1n) is 15.0. The lowest BCUT2D eigenvalue weighted by Crippen LogP contribution is -2.11. The Hall–Kier alpha value is -5.86. The average molecular weight is 562 g/mol. The van der Waals surface area contributed by atoms with E-state index in [0.29, 0.717) is 0 Å². The molecule has 0 spiro atoms. The van der Waals surface area contributed by atoms with E-state index in [2.05, 4.69) is 157 Å². The maximum Gasteiger partial charge on any atom is 0.137 e. The summed E-state index contributed by atoms with van der Waals surface area (Å²) in [5.41, 5.74) is 7.38. The number of hydrogen-bond acceptors (Lipinski definition) is 2. The maximum absolute atomic E-state index is 6.32. The van der Waals surface area contributed by atoms with Crippen LogP contribution in [0.1, 0.15) is 0 Å². The van der Waals surface area contributed by atoms with Crippen LogP contribution in [0.5, 0.6) is 0 Å². The third kappa shape index (κ3) is 3.89. The van der Waals surface area contributed by atoms with Crippen molar-refractivity contribution in [2.75, 3.05) is 4.90 Å². The van der Waals surface area contributed by atoms with Gasteiger partial charge >= 0.3 is 0 Å². The highest BCUT2D eigenvalue weighted by atomic mass is 16.3. The number of nitrogens with zero attached hydrogens (tertiary/aromatic N) is 1. The molecule has 0 saturated carbocycles. The van der Waals surface area contributed by atoms with Gasteiger partial charge < -0.3 is 9.32 Å². The highest BCUT2D eigenvalue weighted by Gasteiger charge is 2.19. The SMILES string of the molecule is c1ccc(N(c2ccc3c(c2)oc2ccccc23)c2ccccc2-c2ccc3ccc4c5ccccc5ccc4c3c2)cc1. The fourth-order valence-corrected chi connectivity index (χ4v) is 6.76. The zero-order chi connectivity index (χ0) is 29.0. The standard InChI is InChI=1S/C42H27NO/c1-2-11-31(12-3-1)43(32-22-25-38-37-15-7-9-17-41(37)44-42(38)27-32)40-16-8-6-14-34(40)30-19-18-29-21-23-35-33-13-5-4-10-28(33)20-24-36(35)39(29)26-30/h1-27H. The van der Waals surface area contributed by atoms with Crippen molar-refractivity contribution < 1.29 is 4.42 Å². The van der Waals surface area contributed by atoms with Crippen LogP contribution in [0.25, 0.3) is 65.4 Å². The Labute approximate surface area is 255 Å². The van der Waals surface area contributed by atoms with Gasteiger partial charge in [-0.1, -0.05) is 115 Å².